The first kappa shape index (κ1) is 21.7. The molecule has 6 nitrogen and oxygen atoms in total. The Morgan fingerprint density at radius 1 is 0.821 bits per heavy atom. The molecule has 2 aromatic rings. The highest BCUT2D eigenvalue weighted by molar-refractivity contribution is 5.53. The smallest absolute Gasteiger partial charge is 0.203 e. The second-order valence-corrected chi connectivity index (χ2v) is 6.95. The molecule has 2 aromatic carbocycles. The van der Waals surface area contributed by atoms with Gasteiger partial charge in [0.25, 0.3) is 0 Å². The zero-order valence-corrected chi connectivity index (χ0v) is 17.4. The molecule has 0 amide bonds. The van der Waals surface area contributed by atoms with E-state index in [9.17, 15) is 10.2 Å². The maximum atomic E-state index is 10.9. The van der Waals surface area contributed by atoms with Crippen LogP contribution in [0.4, 0.5) is 0 Å². The van der Waals surface area contributed by atoms with Gasteiger partial charge >= 0.3 is 0 Å². The second kappa shape index (κ2) is 9.55. The van der Waals surface area contributed by atoms with Crippen molar-refractivity contribution in [1.82, 2.24) is 0 Å². The first-order valence-corrected chi connectivity index (χ1v) is 9.20. The lowest BCUT2D eigenvalue weighted by Gasteiger charge is -2.26. The lowest BCUT2D eigenvalue weighted by molar-refractivity contribution is 0.0866. The zero-order chi connectivity index (χ0) is 20.8. The van der Waals surface area contributed by atoms with Crippen molar-refractivity contribution in [2.45, 2.75) is 26.4 Å². The monoisotopic (exact) mass is 390 g/mol. The average molecular weight is 390 g/mol. The summed E-state index contributed by atoms with van der Waals surface area (Å²) in [6.45, 7) is 4.08. The number of rotatable bonds is 9. The topological polar surface area (TPSA) is 77.4 Å². The van der Waals surface area contributed by atoms with Gasteiger partial charge in [-0.05, 0) is 53.6 Å². The van der Waals surface area contributed by atoms with Crippen LogP contribution in [-0.4, -0.2) is 38.7 Å². The van der Waals surface area contributed by atoms with E-state index in [-0.39, 0.29) is 23.3 Å². The third-order valence-electron chi connectivity index (χ3n) is 5.22. The van der Waals surface area contributed by atoms with E-state index in [2.05, 4.69) is 6.92 Å². The van der Waals surface area contributed by atoms with Gasteiger partial charge in [-0.2, -0.15) is 0 Å². The third kappa shape index (κ3) is 4.62. The van der Waals surface area contributed by atoms with E-state index in [1.54, 1.807) is 20.3 Å². The van der Waals surface area contributed by atoms with Gasteiger partial charge in [0.1, 0.15) is 0 Å². The van der Waals surface area contributed by atoms with Crippen molar-refractivity contribution in [1.29, 1.82) is 0 Å². The molecule has 2 rings (SSSR count). The number of ether oxygens (including phenoxy) is 4. The van der Waals surface area contributed by atoms with Gasteiger partial charge in [-0.1, -0.05) is 19.9 Å². The van der Waals surface area contributed by atoms with E-state index < -0.39 is 6.10 Å². The van der Waals surface area contributed by atoms with Crippen LogP contribution in [0.15, 0.2) is 30.3 Å². The molecule has 0 aliphatic rings. The summed E-state index contributed by atoms with van der Waals surface area (Å²) in [5.41, 5.74) is 1.68. The fourth-order valence-electron chi connectivity index (χ4n) is 3.32. The Hall–Kier alpha value is -2.60. The van der Waals surface area contributed by atoms with Crippen LogP contribution in [0.2, 0.25) is 0 Å². The second-order valence-electron chi connectivity index (χ2n) is 6.95. The molecule has 0 fully saturated rings. The average Bonchev–Trinajstić information content (AvgIpc) is 2.71. The quantitative estimate of drug-likeness (QED) is 0.675. The highest BCUT2D eigenvalue weighted by atomic mass is 16.5. The number of benzene rings is 2. The number of aliphatic hydroxyl groups excluding tert-OH is 1. The lowest BCUT2D eigenvalue weighted by Crippen LogP contribution is -2.19. The molecule has 0 saturated carbocycles. The summed E-state index contributed by atoms with van der Waals surface area (Å²) in [6.07, 6.45) is -0.00134. The van der Waals surface area contributed by atoms with Gasteiger partial charge in [-0.25, -0.2) is 0 Å². The molecule has 0 heterocycles. The fourth-order valence-corrected chi connectivity index (χ4v) is 3.32. The number of phenolic OH excluding ortho intramolecular Hbond substituents is 1. The molecule has 3 atom stereocenters. The van der Waals surface area contributed by atoms with Crippen LogP contribution in [0.3, 0.4) is 0 Å². The van der Waals surface area contributed by atoms with Crippen LogP contribution in [0.5, 0.6) is 28.7 Å². The van der Waals surface area contributed by atoms with Crippen LogP contribution < -0.4 is 18.9 Å². The van der Waals surface area contributed by atoms with Gasteiger partial charge in [0.2, 0.25) is 5.75 Å². The summed E-state index contributed by atoms with van der Waals surface area (Å²) in [7, 11) is 6.18. The van der Waals surface area contributed by atoms with Crippen molar-refractivity contribution in [3.8, 4) is 28.7 Å². The molecule has 6 heteroatoms. The summed E-state index contributed by atoms with van der Waals surface area (Å²) in [5, 5.41) is 21.0. The normalized spacial score (nSPS) is 14.1. The van der Waals surface area contributed by atoms with Crippen LogP contribution in [-0.2, 0) is 6.42 Å². The molecule has 0 aromatic heterocycles. The van der Waals surface area contributed by atoms with Crippen LogP contribution in [0.25, 0.3) is 0 Å². The molecule has 2 N–H and O–H groups in total. The van der Waals surface area contributed by atoms with Gasteiger partial charge in [0.05, 0.1) is 34.5 Å². The predicted octanol–water partition coefficient (Wildman–Crippen LogP) is 3.97. The predicted molar refractivity (Wildman–Crippen MR) is 108 cm³/mol. The van der Waals surface area contributed by atoms with E-state index in [4.69, 9.17) is 18.9 Å². The molecule has 0 aliphatic heterocycles. The SMILES string of the molecule is COc1ccc(C[C@H](C)[C@@H](C)[C@H](O)c2cc(O)c(OC)c(OC)c2)cc1OC. The van der Waals surface area contributed by atoms with Crippen LogP contribution in [0, 0.1) is 11.8 Å². The number of hydrogen-bond acceptors (Lipinski definition) is 6. The molecule has 0 unspecified atom stereocenters. The summed E-state index contributed by atoms with van der Waals surface area (Å²) < 4.78 is 21.1. The maximum Gasteiger partial charge on any atom is 0.203 e. The minimum Gasteiger partial charge on any atom is -0.504 e. The molecule has 0 saturated heterocycles. The van der Waals surface area contributed by atoms with Crippen molar-refractivity contribution in [3.05, 3.63) is 41.5 Å². The Kier molecular flexibility index (Phi) is 7.40. The molecular formula is C22H30O6. The maximum absolute atomic E-state index is 10.9. The lowest BCUT2D eigenvalue weighted by atomic mass is 9.83. The van der Waals surface area contributed by atoms with Crippen molar-refractivity contribution in [2.24, 2.45) is 11.8 Å². The minimum absolute atomic E-state index is 0.0596. The molecule has 0 spiro atoms. The number of methoxy groups -OCH3 is 4. The van der Waals surface area contributed by atoms with E-state index in [0.717, 1.165) is 12.0 Å². The number of hydrogen-bond donors (Lipinski definition) is 2. The molecule has 0 aliphatic carbocycles. The Morgan fingerprint density at radius 3 is 2.04 bits per heavy atom. The molecular weight excluding hydrogens is 360 g/mol. The zero-order valence-electron chi connectivity index (χ0n) is 17.4. The van der Waals surface area contributed by atoms with E-state index in [1.165, 1.54) is 20.3 Å². The largest absolute Gasteiger partial charge is 0.504 e. The number of aromatic hydroxyl groups is 1. The summed E-state index contributed by atoms with van der Waals surface area (Å²) in [6, 6.07) is 9.05. The van der Waals surface area contributed by atoms with Gasteiger partial charge in [0.15, 0.2) is 23.0 Å². The highest BCUT2D eigenvalue weighted by Crippen LogP contribution is 2.41. The number of phenols is 1. The van der Waals surface area contributed by atoms with Crippen molar-refractivity contribution >= 4 is 0 Å². The molecule has 0 bridgehead atoms. The molecule has 0 radical (unpaired) electrons. The summed E-state index contributed by atoms with van der Waals surface area (Å²) in [5.74, 6) is 2.06. The van der Waals surface area contributed by atoms with Gasteiger partial charge in [-0.15, -0.1) is 0 Å². The van der Waals surface area contributed by atoms with Gasteiger partial charge in [-0.3, -0.25) is 0 Å². The standard InChI is InChI=1S/C22H30O6/c1-13(9-15-7-8-18(25-3)19(10-15)26-4)14(2)21(24)16-11-17(23)22(28-6)20(12-16)27-5/h7-8,10-14,21,23-24H,9H2,1-6H3/t13-,14+,21-/m0/s1. The van der Waals surface area contributed by atoms with Crippen molar-refractivity contribution < 1.29 is 29.2 Å². The highest BCUT2D eigenvalue weighted by Gasteiger charge is 2.25. The van der Waals surface area contributed by atoms with E-state index in [1.807, 2.05) is 25.1 Å². The van der Waals surface area contributed by atoms with Crippen molar-refractivity contribution in [2.75, 3.05) is 28.4 Å². The minimum atomic E-state index is -0.763. The Morgan fingerprint density at radius 2 is 1.46 bits per heavy atom. The first-order valence-electron chi connectivity index (χ1n) is 9.20. The van der Waals surface area contributed by atoms with E-state index >= 15 is 0 Å². The summed E-state index contributed by atoms with van der Waals surface area (Å²) in [4.78, 5) is 0. The van der Waals surface area contributed by atoms with Gasteiger partial charge < -0.3 is 29.2 Å². The molecule has 28 heavy (non-hydrogen) atoms. The Bertz CT molecular complexity index is 789. The first-order chi connectivity index (χ1) is 13.4. The Labute approximate surface area is 166 Å². The van der Waals surface area contributed by atoms with Gasteiger partial charge in [0, 0.05) is 0 Å². The van der Waals surface area contributed by atoms with Crippen molar-refractivity contribution in [3.63, 3.8) is 0 Å². The third-order valence-corrected chi connectivity index (χ3v) is 5.22. The van der Waals surface area contributed by atoms with Crippen LogP contribution >= 0.6 is 0 Å². The summed E-state index contributed by atoms with van der Waals surface area (Å²) >= 11 is 0. The fraction of sp³-hybridized carbons (Fsp3) is 0.455. The Balaban J connectivity index is 2.18. The van der Waals surface area contributed by atoms with E-state index in [0.29, 0.717) is 22.8 Å². The number of aliphatic hydroxyl groups is 1. The van der Waals surface area contributed by atoms with Crippen LogP contribution in [0.1, 0.15) is 31.1 Å². The molecule has 154 valence electrons.